The summed E-state index contributed by atoms with van der Waals surface area (Å²) in [6.45, 7) is 2.76. The lowest BCUT2D eigenvalue weighted by atomic mass is 10.2. The number of ether oxygens (including phenoxy) is 2. The standard InChI is InChI=1S/C13H19BrN2O3/c1-18-6-5-16(4-3-13(17)19-2)10-11-7-12(14)9-15-8-11/h7-9H,3-6,10H2,1-2H3. The topological polar surface area (TPSA) is 51.7 Å². The molecule has 0 fully saturated rings. The molecular formula is C13H19BrN2O3. The van der Waals surface area contributed by atoms with E-state index >= 15 is 0 Å². The lowest BCUT2D eigenvalue weighted by molar-refractivity contribution is -0.141. The van der Waals surface area contributed by atoms with E-state index in [1.807, 2.05) is 12.3 Å². The Labute approximate surface area is 122 Å². The van der Waals surface area contributed by atoms with Crippen LogP contribution in [0.3, 0.4) is 0 Å². The van der Waals surface area contributed by atoms with Crippen LogP contribution in [-0.2, 0) is 20.8 Å². The van der Waals surface area contributed by atoms with Crippen molar-refractivity contribution in [2.45, 2.75) is 13.0 Å². The second kappa shape index (κ2) is 9.01. The summed E-state index contributed by atoms with van der Waals surface area (Å²) in [5.74, 6) is -0.199. The maximum Gasteiger partial charge on any atom is 0.306 e. The molecule has 0 N–H and O–H groups in total. The molecule has 0 amide bonds. The number of pyridine rings is 1. The first-order valence-corrected chi connectivity index (χ1v) is 6.82. The number of methoxy groups -OCH3 is 2. The Morgan fingerprint density at radius 1 is 1.37 bits per heavy atom. The predicted octanol–water partition coefficient (Wildman–Crippen LogP) is 1.86. The van der Waals surface area contributed by atoms with Gasteiger partial charge in [-0.2, -0.15) is 0 Å². The van der Waals surface area contributed by atoms with Crippen molar-refractivity contribution in [2.75, 3.05) is 33.9 Å². The van der Waals surface area contributed by atoms with Gasteiger partial charge in [-0.05, 0) is 27.6 Å². The Balaban J connectivity index is 2.55. The average Bonchev–Trinajstić information content (AvgIpc) is 2.41. The maximum atomic E-state index is 11.2. The third kappa shape index (κ3) is 6.66. The average molecular weight is 331 g/mol. The lowest BCUT2D eigenvalue weighted by Crippen LogP contribution is -2.29. The largest absolute Gasteiger partial charge is 0.469 e. The highest BCUT2D eigenvalue weighted by atomic mass is 79.9. The number of carbonyl (C=O) groups is 1. The summed E-state index contributed by atoms with van der Waals surface area (Å²) in [4.78, 5) is 17.5. The summed E-state index contributed by atoms with van der Waals surface area (Å²) in [5, 5.41) is 0. The van der Waals surface area contributed by atoms with Gasteiger partial charge in [0.15, 0.2) is 0 Å². The molecule has 19 heavy (non-hydrogen) atoms. The van der Waals surface area contributed by atoms with E-state index < -0.39 is 0 Å². The SMILES string of the molecule is COCCN(CCC(=O)OC)Cc1cncc(Br)c1. The van der Waals surface area contributed by atoms with E-state index in [1.165, 1.54) is 7.11 Å². The summed E-state index contributed by atoms with van der Waals surface area (Å²) < 4.78 is 10.7. The van der Waals surface area contributed by atoms with Crippen LogP contribution in [0, 0.1) is 0 Å². The van der Waals surface area contributed by atoms with Gasteiger partial charge in [0.05, 0.1) is 20.1 Å². The van der Waals surface area contributed by atoms with Crippen molar-refractivity contribution >= 4 is 21.9 Å². The van der Waals surface area contributed by atoms with Crippen LogP contribution in [-0.4, -0.2) is 49.8 Å². The van der Waals surface area contributed by atoms with Crippen molar-refractivity contribution in [3.05, 3.63) is 28.5 Å². The van der Waals surface area contributed by atoms with Crippen LogP contribution < -0.4 is 0 Å². The maximum absolute atomic E-state index is 11.2. The van der Waals surface area contributed by atoms with Crippen LogP contribution in [0.25, 0.3) is 0 Å². The quantitative estimate of drug-likeness (QED) is 0.681. The summed E-state index contributed by atoms with van der Waals surface area (Å²) in [6, 6.07) is 2.02. The van der Waals surface area contributed by atoms with Crippen molar-refractivity contribution < 1.29 is 14.3 Å². The molecule has 1 heterocycles. The Bertz CT molecular complexity index is 401. The van der Waals surface area contributed by atoms with Gasteiger partial charge < -0.3 is 9.47 Å². The van der Waals surface area contributed by atoms with Crippen molar-refractivity contribution in [1.29, 1.82) is 0 Å². The van der Waals surface area contributed by atoms with Crippen molar-refractivity contribution in [3.63, 3.8) is 0 Å². The molecule has 1 rings (SSSR count). The number of hydrogen-bond donors (Lipinski definition) is 0. The minimum atomic E-state index is -0.199. The molecule has 6 heteroatoms. The molecule has 0 saturated carbocycles. The highest BCUT2D eigenvalue weighted by Crippen LogP contribution is 2.11. The van der Waals surface area contributed by atoms with Crippen LogP contribution in [0.15, 0.2) is 22.9 Å². The van der Waals surface area contributed by atoms with E-state index in [0.29, 0.717) is 19.6 Å². The molecule has 0 saturated heterocycles. The number of aromatic nitrogens is 1. The van der Waals surface area contributed by atoms with Crippen LogP contribution >= 0.6 is 15.9 Å². The Morgan fingerprint density at radius 2 is 2.16 bits per heavy atom. The summed E-state index contributed by atoms with van der Waals surface area (Å²) in [5.41, 5.74) is 1.09. The molecule has 0 aromatic carbocycles. The number of halogens is 1. The predicted molar refractivity (Wildman–Crippen MR) is 75.7 cm³/mol. The molecule has 1 aromatic rings. The number of esters is 1. The molecule has 106 valence electrons. The van der Waals surface area contributed by atoms with E-state index in [-0.39, 0.29) is 5.97 Å². The van der Waals surface area contributed by atoms with E-state index in [1.54, 1.807) is 13.3 Å². The first-order chi connectivity index (χ1) is 9.15. The van der Waals surface area contributed by atoms with Gasteiger partial charge in [0.25, 0.3) is 0 Å². The number of hydrogen-bond acceptors (Lipinski definition) is 5. The highest BCUT2D eigenvalue weighted by Gasteiger charge is 2.09. The van der Waals surface area contributed by atoms with Gasteiger partial charge in [0.2, 0.25) is 0 Å². The van der Waals surface area contributed by atoms with Gasteiger partial charge >= 0.3 is 5.97 Å². The molecular weight excluding hydrogens is 312 g/mol. The number of rotatable bonds is 8. The molecule has 0 atom stereocenters. The van der Waals surface area contributed by atoms with E-state index in [9.17, 15) is 4.79 Å². The smallest absolute Gasteiger partial charge is 0.306 e. The molecule has 0 radical (unpaired) electrons. The van der Waals surface area contributed by atoms with Crippen molar-refractivity contribution in [2.24, 2.45) is 0 Å². The fourth-order valence-corrected chi connectivity index (χ4v) is 2.05. The Morgan fingerprint density at radius 3 is 2.79 bits per heavy atom. The minimum absolute atomic E-state index is 0.199. The van der Waals surface area contributed by atoms with Crippen molar-refractivity contribution in [3.8, 4) is 0 Å². The first kappa shape index (κ1) is 16.1. The molecule has 0 aliphatic heterocycles. The molecule has 1 aromatic heterocycles. The monoisotopic (exact) mass is 330 g/mol. The van der Waals surface area contributed by atoms with E-state index in [2.05, 4.69) is 30.6 Å². The molecule has 5 nitrogen and oxygen atoms in total. The van der Waals surface area contributed by atoms with Gasteiger partial charge in [-0.25, -0.2) is 0 Å². The van der Waals surface area contributed by atoms with Gasteiger partial charge in [0, 0.05) is 43.6 Å². The van der Waals surface area contributed by atoms with Gasteiger partial charge in [-0.15, -0.1) is 0 Å². The molecule has 0 aliphatic rings. The third-order valence-electron chi connectivity index (χ3n) is 2.64. The molecule has 0 spiro atoms. The lowest BCUT2D eigenvalue weighted by Gasteiger charge is -2.21. The molecule has 0 aliphatic carbocycles. The normalized spacial score (nSPS) is 10.7. The summed E-state index contributed by atoms with van der Waals surface area (Å²) >= 11 is 3.40. The van der Waals surface area contributed by atoms with Gasteiger partial charge in [0.1, 0.15) is 0 Å². The second-order valence-corrected chi connectivity index (χ2v) is 5.02. The zero-order valence-corrected chi connectivity index (χ0v) is 12.9. The number of nitrogens with zero attached hydrogens (tertiary/aromatic N) is 2. The Hall–Kier alpha value is -0.980. The van der Waals surface area contributed by atoms with Crippen LogP contribution in [0.1, 0.15) is 12.0 Å². The Kier molecular flexibility index (Phi) is 7.62. The highest BCUT2D eigenvalue weighted by molar-refractivity contribution is 9.10. The van der Waals surface area contributed by atoms with E-state index in [4.69, 9.17) is 4.74 Å². The third-order valence-corrected chi connectivity index (χ3v) is 3.07. The van der Waals surface area contributed by atoms with Crippen LogP contribution in [0.4, 0.5) is 0 Å². The summed E-state index contributed by atoms with van der Waals surface area (Å²) in [6.07, 6.45) is 3.95. The van der Waals surface area contributed by atoms with Gasteiger partial charge in [-0.3, -0.25) is 14.7 Å². The second-order valence-electron chi connectivity index (χ2n) is 4.11. The zero-order chi connectivity index (χ0) is 14.1. The zero-order valence-electron chi connectivity index (χ0n) is 11.3. The van der Waals surface area contributed by atoms with Crippen molar-refractivity contribution in [1.82, 2.24) is 9.88 Å². The first-order valence-electron chi connectivity index (χ1n) is 6.03. The van der Waals surface area contributed by atoms with E-state index in [0.717, 1.165) is 23.1 Å². The summed E-state index contributed by atoms with van der Waals surface area (Å²) in [7, 11) is 3.07. The van der Waals surface area contributed by atoms with Crippen LogP contribution in [0.5, 0.6) is 0 Å². The van der Waals surface area contributed by atoms with Gasteiger partial charge in [-0.1, -0.05) is 0 Å². The molecule has 0 bridgehead atoms. The fourth-order valence-electron chi connectivity index (χ4n) is 1.64. The molecule has 0 unspecified atom stereocenters. The number of carbonyl (C=O) groups excluding carboxylic acids is 1. The minimum Gasteiger partial charge on any atom is -0.469 e. The fraction of sp³-hybridized carbons (Fsp3) is 0.538. The van der Waals surface area contributed by atoms with Crippen LogP contribution in [0.2, 0.25) is 0 Å².